The number of halogens is 4. The Labute approximate surface area is 153 Å². The molecule has 9 heteroatoms. The zero-order valence-corrected chi connectivity index (χ0v) is 17.8. The molecule has 0 saturated heterocycles. The van der Waals surface area contributed by atoms with Crippen LogP contribution in [-0.4, -0.2) is 34.1 Å². The molecule has 0 radical (unpaired) electrons. The van der Waals surface area contributed by atoms with Gasteiger partial charge in [-0.2, -0.15) is 22.8 Å². The van der Waals surface area contributed by atoms with Crippen molar-refractivity contribution in [1.82, 2.24) is 0 Å². The highest BCUT2D eigenvalue weighted by Crippen LogP contribution is 2.42. The number of rotatable bonds is 7. The van der Waals surface area contributed by atoms with E-state index < -0.39 is 40.2 Å². The van der Waals surface area contributed by atoms with E-state index >= 15 is 8.78 Å². The van der Waals surface area contributed by atoms with Crippen LogP contribution in [0.5, 0.6) is 0 Å². The van der Waals surface area contributed by atoms with E-state index in [4.69, 9.17) is 9.69 Å². The van der Waals surface area contributed by atoms with Crippen molar-refractivity contribution < 1.29 is 22.0 Å². The minimum absolute atomic E-state index is 0.0666. The molecule has 1 unspecified atom stereocenters. The molecule has 0 fully saturated rings. The first-order chi connectivity index (χ1) is 11.6. The number of nitriles is 1. The molecule has 0 aromatic heterocycles. The van der Waals surface area contributed by atoms with E-state index in [0.717, 1.165) is 0 Å². The molecule has 26 heavy (non-hydrogen) atoms. The van der Waals surface area contributed by atoms with Gasteiger partial charge in [-0.15, -0.1) is 0 Å². The molecule has 3 nitrogen and oxygen atoms in total. The van der Waals surface area contributed by atoms with Gasteiger partial charge < -0.3 is 9.08 Å². The summed E-state index contributed by atoms with van der Waals surface area (Å²) in [6, 6.07) is 8.17. The Bertz CT molecular complexity index is 689. The van der Waals surface area contributed by atoms with Gasteiger partial charge in [0.25, 0.3) is 0 Å². The van der Waals surface area contributed by atoms with Gasteiger partial charge in [-0.3, -0.25) is 0 Å². The Balaban J connectivity index is 3.63. The van der Waals surface area contributed by atoms with Gasteiger partial charge >= 0.3 is 11.8 Å². The smallest absolute Gasteiger partial charge is 0.374 e. The molecule has 1 atom stereocenters. The largest absolute Gasteiger partial charge is 0.404 e. The van der Waals surface area contributed by atoms with E-state index in [2.05, 4.69) is 4.66 Å². The molecule has 0 aliphatic rings. The minimum atomic E-state index is -4.39. The molecule has 0 spiro atoms. The van der Waals surface area contributed by atoms with Gasteiger partial charge in [-0.25, -0.2) is 0 Å². The number of hydrogen-bond donors (Lipinski definition) is 0. The van der Waals surface area contributed by atoms with Gasteiger partial charge in [0.2, 0.25) is 0 Å². The predicted octanol–water partition coefficient (Wildman–Crippen LogP) is 5.65. The van der Waals surface area contributed by atoms with E-state index in [1.165, 1.54) is 24.3 Å². The summed E-state index contributed by atoms with van der Waals surface area (Å²) in [5.41, 5.74) is -1.64. The van der Waals surface area contributed by atoms with Crippen molar-refractivity contribution in [2.24, 2.45) is 4.66 Å². The van der Waals surface area contributed by atoms with E-state index in [9.17, 15) is 8.78 Å². The van der Waals surface area contributed by atoms with Gasteiger partial charge in [-0.1, -0.05) is 30.3 Å². The van der Waals surface area contributed by atoms with Crippen LogP contribution in [0, 0.1) is 11.3 Å². The van der Waals surface area contributed by atoms with Crippen molar-refractivity contribution in [2.45, 2.75) is 57.2 Å². The van der Waals surface area contributed by atoms with E-state index in [1.54, 1.807) is 45.3 Å². The molecular formula is C17H24F4N2OSi2. The molecule has 1 aromatic rings. The lowest BCUT2D eigenvalue weighted by molar-refractivity contribution is -0.0578. The van der Waals surface area contributed by atoms with Gasteiger partial charge in [0.1, 0.15) is 12.2 Å². The zero-order chi connectivity index (χ0) is 20.4. The second kappa shape index (κ2) is 7.62. The van der Waals surface area contributed by atoms with Crippen LogP contribution in [-0.2, 0) is 4.43 Å². The maximum atomic E-state index is 15.3. The summed E-state index contributed by atoms with van der Waals surface area (Å²) in [7, 11) is -5.27. The normalized spacial score (nSPS) is 15.5. The number of nitrogens with zero attached hydrogens (tertiary/aromatic N) is 2. The first-order valence-electron chi connectivity index (χ1n) is 8.10. The molecule has 0 heterocycles. The fourth-order valence-corrected chi connectivity index (χ4v) is 4.15. The Hall–Kier alpha value is -1.51. The van der Waals surface area contributed by atoms with Gasteiger partial charge in [-0.05, 0) is 44.8 Å². The third kappa shape index (κ3) is 6.04. The van der Waals surface area contributed by atoms with Crippen LogP contribution >= 0.6 is 0 Å². The van der Waals surface area contributed by atoms with E-state index in [1.807, 2.05) is 0 Å². The fraction of sp³-hybridized carbons (Fsp3) is 0.529. The highest BCUT2D eigenvalue weighted by Gasteiger charge is 2.58. The second-order valence-electron chi connectivity index (χ2n) is 7.96. The number of alkyl halides is 4. The molecule has 0 N–H and O–H groups in total. The van der Waals surface area contributed by atoms with Crippen molar-refractivity contribution >= 4 is 22.3 Å². The highest BCUT2D eigenvalue weighted by molar-refractivity contribution is 6.75. The summed E-state index contributed by atoms with van der Waals surface area (Å²) in [4.78, 5) is 0. The third-order valence-corrected chi connectivity index (χ3v) is 4.94. The van der Waals surface area contributed by atoms with Gasteiger partial charge in [0.05, 0.1) is 0 Å². The molecule has 144 valence electrons. The van der Waals surface area contributed by atoms with Crippen molar-refractivity contribution in [3.05, 3.63) is 35.9 Å². The maximum absolute atomic E-state index is 15.3. The van der Waals surface area contributed by atoms with Crippen LogP contribution in [0.25, 0.3) is 0 Å². The summed E-state index contributed by atoms with van der Waals surface area (Å²) in [5.74, 6) is -8.53. The molecule has 1 rings (SSSR count). The quantitative estimate of drug-likeness (QED) is 0.335. The summed E-state index contributed by atoms with van der Waals surface area (Å²) >= 11 is 0. The van der Waals surface area contributed by atoms with Gasteiger partial charge in [0, 0.05) is 0 Å². The third-order valence-electron chi connectivity index (χ3n) is 3.10. The Morgan fingerprint density at radius 2 is 1.54 bits per heavy atom. The highest BCUT2D eigenvalue weighted by atomic mass is 28.4. The first-order valence-corrected chi connectivity index (χ1v) is 15.0. The molecule has 0 aliphatic carbocycles. The van der Waals surface area contributed by atoms with Crippen LogP contribution in [0.4, 0.5) is 17.6 Å². The van der Waals surface area contributed by atoms with Crippen LogP contribution in [0.1, 0.15) is 11.7 Å². The SMILES string of the molecule is C[Si](C)(C)/N=C(\C(F)(F)C#N)C(F)(F)C(O[Si](C)(C)C)c1ccccc1. The van der Waals surface area contributed by atoms with Crippen LogP contribution in [0.15, 0.2) is 35.0 Å². The Morgan fingerprint density at radius 1 is 1.04 bits per heavy atom. The summed E-state index contributed by atoms with van der Waals surface area (Å²) < 4.78 is 68.3. The molecule has 0 saturated carbocycles. The zero-order valence-electron chi connectivity index (χ0n) is 15.8. The van der Waals surface area contributed by atoms with Crippen molar-refractivity contribution in [3.8, 4) is 6.07 Å². The minimum Gasteiger partial charge on any atom is -0.404 e. The average Bonchev–Trinajstić information content (AvgIpc) is 2.49. The average molecular weight is 405 g/mol. The Morgan fingerprint density at radius 3 is 1.92 bits per heavy atom. The molecule has 1 aromatic carbocycles. The van der Waals surface area contributed by atoms with Crippen molar-refractivity contribution in [2.75, 3.05) is 0 Å². The van der Waals surface area contributed by atoms with Gasteiger partial charge in [0.15, 0.2) is 22.3 Å². The van der Waals surface area contributed by atoms with E-state index in [-0.39, 0.29) is 5.56 Å². The van der Waals surface area contributed by atoms with Crippen molar-refractivity contribution in [1.29, 1.82) is 5.26 Å². The summed E-state index contributed by atoms with van der Waals surface area (Å²) in [6.45, 7) is 9.72. The van der Waals surface area contributed by atoms with Crippen LogP contribution in [0.2, 0.25) is 39.3 Å². The number of hydrogen-bond acceptors (Lipinski definition) is 3. The standard InChI is InChI=1S/C17H24F4N2OSi2/c1-25(2,3)23-15(16(18,19)12-22)17(20,21)14(24-26(4,5)6)13-10-8-7-9-11-13/h7-11,14H,1-6H3/b23-15+. The Kier molecular flexibility index (Phi) is 6.61. The summed E-state index contributed by atoms with van der Waals surface area (Å²) in [5, 5.41) is 8.78. The predicted molar refractivity (Wildman–Crippen MR) is 99.9 cm³/mol. The second-order valence-corrected chi connectivity index (χ2v) is 17.0. The number of benzene rings is 1. The summed E-state index contributed by atoms with van der Waals surface area (Å²) in [6.07, 6.45) is -1.94. The molecule has 0 aliphatic heterocycles. The monoisotopic (exact) mass is 404 g/mol. The lowest BCUT2D eigenvalue weighted by atomic mass is 9.97. The molecule has 0 amide bonds. The topological polar surface area (TPSA) is 45.4 Å². The fourth-order valence-electron chi connectivity index (χ4n) is 2.20. The van der Waals surface area contributed by atoms with Crippen molar-refractivity contribution in [3.63, 3.8) is 0 Å². The van der Waals surface area contributed by atoms with Crippen LogP contribution in [0.3, 0.4) is 0 Å². The lowest BCUT2D eigenvalue weighted by Gasteiger charge is -2.35. The molecule has 0 bridgehead atoms. The molecular weight excluding hydrogens is 380 g/mol. The maximum Gasteiger partial charge on any atom is 0.374 e. The first kappa shape index (κ1) is 22.5. The lowest BCUT2D eigenvalue weighted by Crippen LogP contribution is -2.50. The van der Waals surface area contributed by atoms with Crippen LogP contribution < -0.4 is 0 Å². The van der Waals surface area contributed by atoms with E-state index in [0.29, 0.717) is 6.07 Å².